The number of thioether (sulfide) groups is 1. The van der Waals surface area contributed by atoms with Gasteiger partial charge in [-0.2, -0.15) is 0 Å². The minimum Gasteiger partial charge on any atom is -0.456 e. The molecule has 2 aromatic rings. The van der Waals surface area contributed by atoms with Crippen LogP contribution >= 0.6 is 11.8 Å². The summed E-state index contributed by atoms with van der Waals surface area (Å²) in [5.74, 6) is -0.213. The van der Waals surface area contributed by atoms with Crippen LogP contribution in [0.5, 0.6) is 11.5 Å². The molecule has 6 heteroatoms. The van der Waals surface area contributed by atoms with Crippen LogP contribution in [0.4, 0.5) is 4.39 Å². The van der Waals surface area contributed by atoms with Gasteiger partial charge in [0, 0.05) is 4.90 Å². The second kappa shape index (κ2) is 6.29. The average molecular weight is 292 g/mol. The molecule has 0 saturated carbocycles. The quantitative estimate of drug-likeness (QED) is 0.298. The number of benzene rings is 2. The Bertz CT molecular complexity index is 630. The lowest BCUT2D eigenvalue weighted by molar-refractivity contribution is 0.318. The SMILES string of the molecule is CSc1ccc(Oc2cccc(F)c2C(N)=NO)cc1. The maximum atomic E-state index is 13.8. The van der Waals surface area contributed by atoms with Crippen molar-refractivity contribution < 1.29 is 14.3 Å². The number of halogens is 1. The molecule has 0 aliphatic rings. The molecule has 2 aromatic carbocycles. The van der Waals surface area contributed by atoms with Crippen molar-refractivity contribution in [2.75, 3.05) is 6.26 Å². The molecule has 4 nitrogen and oxygen atoms in total. The molecule has 0 atom stereocenters. The summed E-state index contributed by atoms with van der Waals surface area (Å²) >= 11 is 1.61. The molecular formula is C14H13FN2O2S. The van der Waals surface area contributed by atoms with Gasteiger partial charge in [0.15, 0.2) is 5.84 Å². The van der Waals surface area contributed by atoms with E-state index in [2.05, 4.69) is 5.16 Å². The van der Waals surface area contributed by atoms with E-state index in [4.69, 9.17) is 15.7 Å². The number of hydrogen-bond acceptors (Lipinski definition) is 4. The number of amidine groups is 1. The molecule has 104 valence electrons. The van der Waals surface area contributed by atoms with Crippen molar-refractivity contribution in [2.24, 2.45) is 10.9 Å². The van der Waals surface area contributed by atoms with Crippen LogP contribution in [0.2, 0.25) is 0 Å². The molecule has 0 bridgehead atoms. The summed E-state index contributed by atoms with van der Waals surface area (Å²) in [6.45, 7) is 0. The van der Waals surface area contributed by atoms with Gasteiger partial charge in [0.05, 0.1) is 5.56 Å². The molecule has 0 spiro atoms. The number of nitrogens with two attached hydrogens (primary N) is 1. The summed E-state index contributed by atoms with van der Waals surface area (Å²) in [7, 11) is 0. The maximum Gasteiger partial charge on any atom is 0.176 e. The minimum atomic E-state index is -0.612. The standard InChI is InChI=1S/C14H13FN2O2S/c1-20-10-7-5-9(6-8-10)19-12-4-2-3-11(15)13(12)14(16)17-18/h2-8,18H,1H3,(H2,16,17). The highest BCUT2D eigenvalue weighted by Gasteiger charge is 2.14. The zero-order chi connectivity index (χ0) is 14.5. The number of hydrogen-bond donors (Lipinski definition) is 2. The summed E-state index contributed by atoms with van der Waals surface area (Å²) in [4.78, 5) is 1.09. The van der Waals surface area contributed by atoms with E-state index in [0.717, 1.165) is 4.90 Å². The Kier molecular flexibility index (Phi) is 4.47. The van der Waals surface area contributed by atoms with E-state index in [-0.39, 0.29) is 17.1 Å². The normalized spacial score (nSPS) is 11.4. The van der Waals surface area contributed by atoms with Crippen LogP contribution in [0.25, 0.3) is 0 Å². The Hall–Kier alpha value is -2.21. The maximum absolute atomic E-state index is 13.8. The minimum absolute atomic E-state index is 0.0658. The highest BCUT2D eigenvalue weighted by Crippen LogP contribution is 2.28. The number of rotatable bonds is 4. The number of oxime groups is 1. The Morgan fingerprint density at radius 2 is 1.95 bits per heavy atom. The number of nitrogens with zero attached hydrogens (tertiary/aromatic N) is 1. The lowest BCUT2D eigenvalue weighted by Crippen LogP contribution is -2.16. The highest BCUT2D eigenvalue weighted by molar-refractivity contribution is 7.98. The van der Waals surface area contributed by atoms with Crippen LogP contribution in [0.3, 0.4) is 0 Å². The van der Waals surface area contributed by atoms with E-state index in [9.17, 15) is 4.39 Å². The van der Waals surface area contributed by atoms with Crippen LogP contribution in [0.1, 0.15) is 5.56 Å². The zero-order valence-electron chi connectivity index (χ0n) is 10.7. The van der Waals surface area contributed by atoms with Crippen molar-refractivity contribution in [1.82, 2.24) is 0 Å². The molecule has 0 aliphatic heterocycles. The molecule has 0 heterocycles. The van der Waals surface area contributed by atoms with Crippen LogP contribution in [0.15, 0.2) is 52.5 Å². The molecule has 0 saturated heterocycles. The fourth-order valence-corrected chi connectivity index (χ4v) is 2.07. The molecule has 0 aromatic heterocycles. The first-order valence-corrected chi connectivity index (χ1v) is 6.96. The first-order valence-electron chi connectivity index (χ1n) is 5.74. The first-order chi connectivity index (χ1) is 9.65. The van der Waals surface area contributed by atoms with Crippen molar-refractivity contribution in [3.8, 4) is 11.5 Å². The van der Waals surface area contributed by atoms with E-state index in [1.165, 1.54) is 12.1 Å². The van der Waals surface area contributed by atoms with Gasteiger partial charge >= 0.3 is 0 Å². The van der Waals surface area contributed by atoms with Crippen molar-refractivity contribution in [1.29, 1.82) is 0 Å². The summed E-state index contributed by atoms with van der Waals surface area (Å²) in [5.41, 5.74) is 5.41. The molecule has 20 heavy (non-hydrogen) atoms. The smallest absolute Gasteiger partial charge is 0.176 e. The fraction of sp³-hybridized carbons (Fsp3) is 0.0714. The Morgan fingerprint density at radius 3 is 2.55 bits per heavy atom. The largest absolute Gasteiger partial charge is 0.456 e. The first kappa shape index (κ1) is 14.2. The molecule has 0 aliphatic carbocycles. The van der Waals surface area contributed by atoms with E-state index >= 15 is 0 Å². The molecule has 0 fully saturated rings. The molecule has 0 radical (unpaired) electrons. The van der Waals surface area contributed by atoms with Gasteiger partial charge in [-0.1, -0.05) is 11.2 Å². The zero-order valence-corrected chi connectivity index (χ0v) is 11.5. The predicted molar refractivity (Wildman–Crippen MR) is 77.2 cm³/mol. The van der Waals surface area contributed by atoms with E-state index in [1.807, 2.05) is 18.4 Å². The molecule has 3 N–H and O–H groups in total. The predicted octanol–water partition coefficient (Wildman–Crippen LogP) is 3.43. The van der Waals surface area contributed by atoms with Crippen molar-refractivity contribution in [3.05, 3.63) is 53.8 Å². The topological polar surface area (TPSA) is 67.8 Å². The third-order valence-corrected chi connectivity index (χ3v) is 3.37. The van der Waals surface area contributed by atoms with Crippen LogP contribution in [-0.2, 0) is 0 Å². The highest BCUT2D eigenvalue weighted by atomic mass is 32.2. The van der Waals surface area contributed by atoms with Crippen LogP contribution < -0.4 is 10.5 Å². The van der Waals surface area contributed by atoms with Gasteiger partial charge in [-0.15, -0.1) is 11.8 Å². The fourth-order valence-electron chi connectivity index (χ4n) is 1.66. The second-order valence-electron chi connectivity index (χ2n) is 3.88. The van der Waals surface area contributed by atoms with Gasteiger partial charge in [0.25, 0.3) is 0 Å². The van der Waals surface area contributed by atoms with Crippen molar-refractivity contribution in [2.45, 2.75) is 4.90 Å². The lowest BCUT2D eigenvalue weighted by Gasteiger charge is -2.11. The van der Waals surface area contributed by atoms with Gasteiger partial charge in [0.1, 0.15) is 17.3 Å². The van der Waals surface area contributed by atoms with Crippen molar-refractivity contribution >= 4 is 17.6 Å². The van der Waals surface area contributed by atoms with Gasteiger partial charge in [-0.3, -0.25) is 0 Å². The molecule has 0 unspecified atom stereocenters. The summed E-state index contributed by atoms with van der Waals surface area (Å²) in [6.07, 6.45) is 1.97. The Morgan fingerprint density at radius 1 is 1.25 bits per heavy atom. The summed E-state index contributed by atoms with van der Waals surface area (Å²) < 4.78 is 19.3. The van der Waals surface area contributed by atoms with Crippen LogP contribution in [0, 0.1) is 5.82 Å². The van der Waals surface area contributed by atoms with Gasteiger partial charge in [-0.25, -0.2) is 4.39 Å². The number of ether oxygens (including phenoxy) is 1. The molecule has 2 rings (SSSR count). The van der Waals surface area contributed by atoms with Gasteiger partial charge in [0.2, 0.25) is 0 Å². The molecule has 0 amide bonds. The summed E-state index contributed by atoms with van der Waals surface area (Å²) in [5, 5.41) is 11.5. The Labute approximate surface area is 120 Å². The lowest BCUT2D eigenvalue weighted by atomic mass is 10.1. The molecular weight excluding hydrogens is 279 g/mol. The third kappa shape index (κ3) is 3.03. The van der Waals surface area contributed by atoms with E-state index in [1.54, 1.807) is 30.0 Å². The average Bonchev–Trinajstić information content (AvgIpc) is 2.47. The second-order valence-corrected chi connectivity index (χ2v) is 4.76. The van der Waals surface area contributed by atoms with E-state index in [0.29, 0.717) is 5.75 Å². The summed E-state index contributed by atoms with van der Waals surface area (Å²) in [6, 6.07) is 11.6. The monoisotopic (exact) mass is 292 g/mol. The van der Waals surface area contributed by atoms with Crippen molar-refractivity contribution in [3.63, 3.8) is 0 Å². The Balaban J connectivity index is 2.35. The van der Waals surface area contributed by atoms with Gasteiger partial charge in [-0.05, 0) is 42.7 Å². The third-order valence-electron chi connectivity index (χ3n) is 2.63. The van der Waals surface area contributed by atoms with E-state index < -0.39 is 5.82 Å². The van der Waals surface area contributed by atoms with Gasteiger partial charge < -0.3 is 15.7 Å². The van der Waals surface area contributed by atoms with Crippen LogP contribution in [-0.4, -0.2) is 17.3 Å².